The van der Waals surface area contributed by atoms with Crippen LogP contribution in [0, 0.1) is 10.8 Å². The lowest BCUT2D eigenvalue weighted by molar-refractivity contribution is 0.0176. The van der Waals surface area contributed by atoms with Crippen molar-refractivity contribution in [2.45, 2.75) is 135 Å². The largest absolute Gasteiger partial charge is 0.444 e. The van der Waals surface area contributed by atoms with Gasteiger partial charge in [-0.3, -0.25) is 4.90 Å². The van der Waals surface area contributed by atoms with Gasteiger partial charge in [0.25, 0.3) is 0 Å². The predicted octanol–water partition coefficient (Wildman–Crippen LogP) is 7.38. The number of amides is 2. The number of carbonyl (C=O) groups excluding carboxylic acids is 2. The van der Waals surface area contributed by atoms with Crippen molar-refractivity contribution in [3.8, 4) is 0 Å². The number of H-pyrrole nitrogens is 1. The summed E-state index contributed by atoms with van der Waals surface area (Å²) in [7, 11) is 0. The molecule has 4 aliphatic heterocycles. The van der Waals surface area contributed by atoms with E-state index in [2.05, 4.69) is 61.1 Å². The van der Waals surface area contributed by atoms with E-state index in [1.807, 2.05) is 57.5 Å². The Hall–Kier alpha value is -3.86. The maximum atomic E-state index is 12.7. The van der Waals surface area contributed by atoms with Crippen molar-refractivity contribution < 1.29 is 19.1 Å². The first-order valence-corrected chi connectivity index (χ1v) is 19.6. The lowest BCUT2D eigenvalue weighted by Crippen LogP contribution is -2.44. The minimum absolute atomic E-state index is 0.114. The number of nitrogens with one attached hydrogen (secondary N) is 1. The number of nitrogens with zero attached hydrogens (tertiary/aromatic N) is 6. The SMILES string of the molecule is CC(C)(C)OC(=O)N1CCC23CCN(Cc4ccccc4)C2CCC13.CC(C)(C)OC(=O)N1CCC23CCN(c4ncnc5[nH]ccc45)C2CCC13. The first-order chi connectivity index (χ1) is 24.8. The summed E-state index contributed by atoms with van der Waals surface area (Å²) in [4.78, 5) is 46.7. The van der Waals surface area contributed by atoms with E-state index in [0.29, 0.717) is 23.5 Å². The van der Waals surface area contributed by atoms with E-state index in [1.54, 1.807) is 6.33 Å². The third-order valence-electron chi connectivity index (χ3n) is 13.1. The summed E-state index contributed by atoms with van der Waals surface area (Å²) < 4.78 is 11.4. The fraction of sp³-hybridized carbons (Fsp3) is 0.659. The van der Waals surface area contributed by atoms with Crippen molar-refractivity contribution in [2.75, 3.05) is 31.1 Å². The Morgan fingerprint density at radius 3 is 1.92 bits per heavy atom. The highest BCUT2D eigenvalue weighted by Crippen LogP contribution is 2.58. The zero-order valence-corrected chi connectivity index (χ0v) is 31.9. The number of carbonyl (C=O) groups is 2. The van der Waals surface area contributed by atoms with Crippen LogP contribution >= 0.6 is 0 Å². The van der Waals surface area contributed by atoms with Gasteiger partial charge in [0.2, 0.25) is 0 Å². The molecule has 2 spiro atoms. The van der Waals surface area contributed by atoms with Gasteiger partial charge in [-0.25, -0.2) is 19.6 Å². The van der Waals surface area contributed by atoms with E-state index in [-0.39, 0.29) is 23.6 Å². The highest BCUT2D eigenvalue weighted by atomic mass is 16.6. The monoisotopic (exact) mass is 711 g/mol. The molecule has 9 rings (SSSR count). The van der Waals surface area contributed by atoms with Crippen LogP contribution in [-0.4, -0.2) is 103 Å². The summed E-state index contributed by atoms with van der Waals surface area (Å²) in [5, 5.41) is 1.08. The Morgan fingerprint density at radius 1 is 0.731 bits per heavy atom. The maximum Gasteiger partial charge on any atom is 0.410 e. The number of likely N-dealkylation sites (tertiary alicyclic amines) is 3. The standard InChI is InChI=1S/C21H30N2O2.C20H27N5O2/c1-20(2,3)25-19(24)23-14-12-21-11-13-22(17(21)9-10-18(21)23)15-16-7-5-4-6-8-16;1-19(2,3)27-18(26)25-11-8-20-7-10-24(14(20)4-5-15(20)25)17-13-6-9-21-16(13)22-12-23-17/h4-8,17-18H,9-15H2,1-3H3;6,9,12,14-15H,4-5,7-8,10-11H2,1-3H3,(H,21,22,23). The molecule has 280 valence electrons. The second-order valence-electron chi connectivity index (χ2n) is 18.1. The molecule has 6 heterocycles. The fourth-order valence-corrected chi connectivity index (χ4v) is 11.1. The van der Waals surface area contributed by atoms with Crippen LogP contribution in [0.25, 0.3) is 11.0 Å². The van der Waals surface area contributed by atoms with Crippen LogP contribution in [0.1, 0.15) is 98.5 Å². The molecule has 6 unspecified atom stereocenters. The van der Waals surface area contributed by atoms with Crippen LogP contribution in [-0.2, 0) is 16.0 Å². The van der Waals surface area contributed by atoms with Gasteiger partial charge >= 0.3 is 12.2 Å². The third kappa shape index (κ3) is 6.10. The van der Waals surface area contributed by atoms with Gasteiger partial charge < -0.3 is 29.2 Å². The summed E-state index contributed by atoms with van der Waals surface area (Å²) in [6.45, 7) is 16.5. The van der Waals surface area contributed by atoms with E-state index in [4.69, 9.17) is 9.47 Å². The lowest BCUT2D eigenvalue weighted by Gasteiger charge is -2.34. The molecule has 3 aromatic rings. The number of rotatable bonds is 3. The van der Waals surface area contributed by atoms with Crippen molar-refractivity contribution in [3.05, 3.63) is 54.5 Å². The summed E-state index contributed by atoms with van der Waals surface area (Å²) in [5.41, 5.74) is 1.88. The normalized spacial score (nSPS) is 30.9. The number of aromatic nitrogens is 3. The van der Waals surface area contributed by atoms with Crippen molar-refractivity contribution >= 4 is 29.0 Å². The van der Waals surface area contributed by atoms with Crippen LogP contribution < -0.4 is 4.90 Å². The molecule has 0 bridgehead atoms. The van der Waals surface area contributed by atoms with Gasteiger partial charge in [0.1, 0.15) is 29.0 Å². The lowest BCUT2D eigenvalue weighted by atomic mass is 9.79. The first kappa shape index (κ1) is 35.2. The zero-order valence-electron chi connectivity index (χ0n) is 31.9. The van der Waals surface area contributed by atoms with Crippen molar-refractivity contribution in [2.24, 2.45) is 10.8 Å². The van der Waals surface area contributed by atoms with Crippen molar-refractivity contribution in [1.29, 1.82) is 0 Å². The Bertz CT molecular complexity index is 1780. The highest BCUT2D eigenvalue weighted by molar-refractivity contribution is 5.87. The van der Waals surface area contributed by atoms with Crippen LogP contribution in [0.3, 0.4) is 0 Å². The summed E-state index contributed by atoms with van der Waals surface area (Å²) in [5.74, 6) is 1.03. The van der Waals surface area contributed by atoms with Gasteiger partial charge in [-0.15, -0.1) is 0 Å². The summed E-state index contributed by atoms with van der Waals surface area (Å²) >= 11 is 0. The fourth-order valence-electron chi connectivity index (χ4n) is 11.1. The molecule has 1 N–H and O–H groups in total. The van der Waals surface area contributed by atoms with Gasteiger partial charge in [0.05, 0.1) is 5.39 Å². The van der Waals surface area contributed by atoms with E-state index in [0.717, 1.165) is 88.1 Å². The quantitative estimate of drug-likeness (QED) is 0.300. The molecule has 4 saturated heterocycles. The smallest absolute Gasteiger partial charge is 0.410 e. The molecule has 6 fully saturated rings. The Balaban J connectivity index is 0.000000149. The van der Waals surface area contributed by atoms with Crippen LogP contribution in [0.5, 0.6) is 0 Å². The molecular weight excluding hydrogens is 654 g/mol. The van der Waals surface area contributed by atoms with Gasteiger partial charge in [-0.2, -0.15) is 0 Å². The summed E-state index contributed by atoms with van der Waals surface area (Å²) in [6.07, 6.45) is 12.3. The van der Waals surface area contributed by atoms with Crippen LogP contribution in [0.2, 0.25) is 0 Å². The molecule has 2 amide bonds. The molecule has 2 saturated carbocycles. The number of hydrogen-bond acceptors (Lipinski definition) is 8. The Labute approximate surface area is 308 Å². The number of benzene rings is 1. The minimum Gasteiger partial charge on any atom is -0.444 e. The number of ether oxygens (including phenoxy) is 2. The third-order valence-corrected chi connectivity index (χ3v) is 13.1. The average molecular weight is 712 g/mol. The second-order valence-corrected chi connectivity index (χ2v) is 18.1. The van der Waals surface area contributed by atoms with Crippen molar-refractivity contribution in [1.82, 2.24) is 29.7 Å². The minimum atomic E-state index is -0.451. The first-order valence-electron chi connectivity index (χ1n) is 19.6. The molecule has 6 aliphatic rings. The number of fused-ring (bicyclic) bond motifs is 1. The van der Waals surface area contributed by atoms with Gasteiger partial charge in [-0.05, 0) is 111 Å². The number of aromatic amines is 1. The zero-order chi connectivity index (χ0) is 36.5. The molecule has 2 aromatic heterocycles. The van der Waals surface area contributed by atoms with E-state index < -0.39 is 11.2 Å². The number of hydrogen-bond donors (Lipinski definition) is 1. The van der Waals surface area contributed by atoms with E-state index in [9.17, 15) is 9.59 Å². The van der Waals surface area contributed by atoms with Gasteiger partial charge in [-0.1, -0.05) is 30.3 Å². The van der Waals surface area contributed by atoms with Crippen LogP contribution in [0.4, 0.5) is 15.4 Å². The molecule has 2 aliphatic carbocycles. The van der Waals surface area contributed by atoms with E-state index >= 15 is 0 Å². The molecule has 11 nitrogen and oxygen atoms in total. The topological polar surface area (TPSA) is 107 Å². The molecule has 11 heteroatoms. The Morgan fingerprint density at radius 2 is 1.29 bits per heavy atom. The average Bonchev–Trinajstić information content (AvgIpc) is 3.92. The Kier molecular flexibility index (Phi) is 8.74. The van der Waals surface area contributed by atoms with Crippen molar-refractivity contribution in [3.63, 3.8) is 0 Å². The van der Waals surface area contributed by atoms with Gasteiger partial charge in [0.15, 0.2) is 0 Å². The van der Waals surface area contributed by atoms with Crippen LogP contribution in [0.15, 0.2) is 48.9 Å². The molecular formula is C41H57N7O4. The predicted molar refractivity (Wildman–Crippen MR) is 201 cm³/mol. The molecule has 0 radical (unpaired) electrons. The molecule has 1 aromatic carbocycles. The highest BCUT2D eigenvalue weighted by Gasteiger charge is 2.63. The van der Waals surface area contributed by atoms with Gasteiger partial charge in [0, 0.05) is 67.4 Å². The molecule has 52 heavy (non-hydrogen) atoms. The second kappa shape index (κ2) is 12.9. The summed E-state index contributed by atoms with van der Waals surface area (Å²) in [6, 6.07) is 14.5. The molecule has 6 atom stereocenters. The maximum absolute atomic E-state index is 12.7. The number of anilines is 1. The van der Waals surface area contributed by atoms with E-state index in [1.165, 1.54) is 18.4 Å².